The van der Waals surface area contributed by atoms with Crippen LogP contribution in [0.3, 0.4) is 0 Å². The molecule has 0 aromatic carbocycles. The van der Waals surface area contributed by atoms with E-state index >= 15 is 0 Å². The number of pyridine rings is 1. The van der Waals surface area contributed by atoms with Crippen molar-refractivity contribution in [2.24, 2.45) is 17.2 Å². The van der Waals surface area contributed by atoms with Gasteiger partial charge < -0.3 is 17.2 Å². The second-order valence-corrected chi connectivity index (χ2v) is 5.23. The number of nitrogens with zero attached hydrogens (tertiary/aromatic N) is 1. The maximum atomic E-state index is 10.8. The molecule has 0 radical (unpaired) electrons. The van der Waals surface area contributed by atoms with Crippen LogP contribution in [0.25, 0.3) is 0 Å². The molecule has 0 saturated heterocycles. The number of primary amides is 2. The number of aromatic nitrogens is 1. The number of unbranched alkanes of at least 4 members (excludes halogenated alkanes) is 2. The Kier molecular flexibility index (Phi) is 7.39. The van der Waals surface area contributed by atoms with Crippen LogP contribution >= 0.6 is 0 Å². The van der Waals surface area contributed by atoms with Crippen LogP contribution in [-0.2, 0) is 16.0 Å². The third-order valence-electron chi connectivity index (χ3n) is 3.32. The molecule has 1 heterocycles. The molecular formula is C15H24N4O2. The van der Waals surface area contributed by atoms with E-state index in [1.807, 2.05) is 12.1 Å². The SMILES string of the molecule is NC(=O)CCCCCc1ccnc([C@@H](N)CCC(N)=O)c1. The molecular weight excluding hydrogens is 268 g/mol. The second-order valence-electron chi connectivity index (χ2n) is 5.23. The summed E-state index contributed by atoms with van der Waals surface area (Å²) in [6.45, 7) is 0. The summed E-state index contributed by atoms with van der Waals surface area (Å²) in [6.07, 6.45) is 6.65. The lowest BCUT2D eigenvalue weighted by molar-refractivity contribution is -0.119. The minimum absolute atomic E-state index is 0.248. The lowest BCUT2D eigenvalue weighted by Crippen LogP contribution is -2.17. The van der Waals surface area contributed by atoms with Crippen molar-refractivity contribution in [1.82, 2.24) is 4.98 Å². The summed E-state index contributed by atoms with van der Waals surface area (Å²) in [4.78, 5) is 25.6. The molecule has 1 atom stereocenters. The average Bonchev–Trinajstić information content (AvgIpc) is 2.44. The third-order valence-corrected chi connectivity index (χ3v) is 3.32. The lowest BCUT2D eigenvalue weighted by Gasteiger charge is -2.11. The van der Waals surface area contributed by atoms with E-state index in [4.69, 9.17) is 17.2 Å². The third kappa shape index (κ3) is 7.41. The molecule has 0 unspecified atom stereocenters. The van der Waals surface area contributed by atoms with Crippen molar-refractivity contribution < 1.29 is 9.59 Å². The van der Waals surface area contributed by atoms with Crippen molar-refractivity contribution in [2.75, 3.05) is 0 Å². The standard InChI is InChI=1S/C15H24N4O2/c16-12(6-7-15(18)21)13-10-11(8-9-19-13)4-2-1-3-5-14(17)20/h8-10,12H,1-7,16H2,(H2,17,20)(H2,18,21)/t12-/m0/s1. The van der Waals surface area contributed by atoms with Crippen molar-refractivity contribution in [2.45, 2.75) is 51.0 Å². The number of rotatable bonds is 10. The van der Waals surface area contributed by atoms with Crippen LogP contribution in [0, 0.1) is 0 Å². The zero-order valence-corrected chi connectivity index (χ0v) is 12.3. The first kappa shape index (κ1) is 17.1. The second kappa shape index (κ2) is 9.07. The zero-order valence-electron chi connectivity index (χ0n) is 12.3. The molecule has 0 bridgehead atoms. The summed E-state index contributed by atoms with van der Waals surface area (Å²) in [5, 5.41) is 0. The maximum Gasteiger partial charge on any atom is 0.217 e. The highest BCUT2D eigenvalue weighted by Gasteiger charge is 2.09. The first-order chi connectivity index (χ1) is 9.99. The summed E-state index contributed by atoms with van der Waals surface area (Å²) >= 11 is 0. The van der Waals surface area contributed by atoms with E-state index in [1.165, 1.54) is 0 Å². The Labute approximate surface area is 125 Å². The van der Waals surface area contributed by atoms with Crippen LogP contribution in [0.5, 0.6) is 0 Å². The smallest absolute Gasteiger partial charge is 0.217 e. The quantitative estimate of drug-likeness (QED) is 0.555. The van der Waals surface area contributed by atoms with Gasteiger partial charge in [-0.1, -0.05) is 6.42 Å². The molecule has 0 aliphatic carbocycles. The molecule has 0 aliphatic rings. The van der Waals surface area contributed by atoms with Gasteiger partial charge in [0.15, 0.2) is 0 Å². The lowest BCUT2D eigenvalue weighted by atomic mass is 10.0. The van der Waals surface area contributed by atoms with Crippen LogP contribution in [0.4, 0.5) is 0 Å². The molecule has 2 amide bonds. The Bertz CT molecular complexity index is 476. The van der Waals surface area contributed by atoms with Gasteiger partial charge in [-0.05, 0) is 43.4 Å². The first-order valence-electron chi connectivity index (χ1n) is 7.26. The van der Waals surface area contributed by atoms with Crippen molar-refractivity contribution >= 4 is 11.8 Å². The Morgan fingerprint density at radius 3 is 2.48 bits per heavy atom. The Morgan fingerprint density at radius 2 is 1.81 bits per heavy atom. The van der Waals surface area contributed by atoms with Gasteiger partial charge in [-0.15, -0.1) is 0 Å². The minimum Gasteiger partial charge on any atom is -0.370 e. The van der Waals surface area contributed by atoms with Crippen LogP contribution in [-0.4, -0.2) is 16.8 Å². The van der Waals surface area contributed by atoms with Crippen LogP contribution in [0.15, 0.2) is 18.3 Å². The fourth-order valence-corrected chi connectivity index (χ4v) is 2.10. The van der Waals surface area contributed by atoms with Gasteiger partial charge in [0.25, 0.3) is 0 Å². The number of nitrogens with two attached hydrogens (primary N) is 3. The highest BCUT2D eigenvalue weighted by atomic mass is 16.1. The molecule has 1 aromatic rings. The van der Waals surface area contributed by atoms with E-state index in [2.05, 4.69) is 4.98 Å². The van der Waals surface area contributed by atoms with Gasteiger partial charge in [0.2, 0.25) is 11.8 Å². The van der Waals surface area contributed by atoms with Crippen molar-refractivity contribution in [1.29, 1.82) is 0 Å². The molecule has 0 fully saturated rings. The van der Waals surface area contributed by atoms with E-state index in [0.717, 1.165) is 36.9 Å². The minimum atomic E-state index is -0.351. The number of hydrogen-bond acceptors (Lipinski definition) is 4. The largest absolute Gasteiger partial charge is 0.370 e. The Morgan fingerprint density at radius 1 is 1.10 bits per heavy atom. The molecule has 0 saturated carbocycles. The summed E-state index contributed by atoms with van der Waals surface area (Å²) in [5.74, 6) is -0.599. The summed E-state index contributed by atoms with van der Waals surface area (Å²) in [6, 6.07) is 3.66. The van der Waals surface area contributed by atoms with E-state index in [0.29, 0.717) is 12.8 Å². The fraction of sp³-hybridized carbons (Fsp3) is 0.533. The Balaban J connectivity index is 2.41. The summed E-state index contributed by atoms with van der Waals surface area (Å²) in [5.41, 5.74) is 18.2. The number of carbonyl (C=O) groups excluding carboxylic acids is 2. The van der Waals surface area contributed by atoms with E-state index < -0.39 is 0 Å². The van der Waals surface area contributed by atoms with Crippen LogP contribution < -0.4 is 17.2 Å². The molecule has 1 rings (SSSR count). The van der Waals surface area contributed by atoms with E-state index in [1.54, 1.807) is 6.20 Å². The van der Waals surface area contributed by atoms with Crippen molar-refractivity contribution in [3.63, 3.8) is 0 Å². The van der Waals surface area contributed by atoms with Crippen LogP contribution in [0.2, 0.25) is 0 Å². The zero-order chi connectivity index (χ0) is 15.7. The maximum absolute atomic E-state index is 10.8. The monoisotopic (exact) mass is 292 g/mol. The van der Waals surface area contributed by atoms with Crippen LogP contribution in [0.1, 0.15) is 55.8 Å². The predicted octanol–water partition coefficient (Wildman–Crippen LogP) is 0.935. The molecule has 116 valence electrons. The Hall–Kier alpha value is -1.95. The summed E-state index contributed by atoms with van der Waals surface area (Å²) in [7, 11) is 0. The normalized spacial score (nSPS) is 12.0. The predicted molar refractivity (Wildman–Crippen MR) is 81.0 cm³/mol. The highest BCUT2D eigenvalue weighted by molar-refractivity contribution is 5.73. The van der Waals surface area contributed by atoms with Gasteiger partial charge >= 0.3 is 0 Å². The topological polar surface area (TPSA) is 125 Å². The first-order valence-corrected chi connectivity index (χ1v) is 7.26. The fourth-order valence-electron chi connectivity index (χ4n) is 2.10. The molecule has 0 aliphatic heterocycles. The van der Waals surface area contributed by atoms with Gasteiger partial charge in [-0.3, -0.25) is 14.6 Å². The van der Waals surface area contributed by atoms with Gasteiger partial charge in [0, 0.05) is 25.1 Å². The molecule has 0 spiro atoms. The van der Waals surface area contributed by atoms with Gasteiger partial charge in [-0.2, -0.15) is 0 Å². The number of carbonyl (C=O) groups is 2. The average molecular weight is 292 g/mol. The number of amides is 2. The van der Waals surface area contributed by atoms with E-state index in [9.17, 15) is 9.59 Å². The molecule has 21 heavy (non-hydrogen) atoms. The number of aryl methyl sites for hydroxylation is 1. The highest BCUT2D eigenvalue weighted by Crippen LogP contribution is 2.16. The molecule has 1 aromatic heterocycles. The summed E-state index contributed by atoms with van der Waals surface area (Å²) < 4.78 is 0. The van der Waals surface area contributed by atoms with E-state index in [-0.39, 0.29) is 24.3 Å². The molecule has 6 N–H and O–H groups in total. The number of hydrogen-bond donors (Lipinski definition) is 3. The van der Waals surface area contributed by atoms with Gasteiger partial charge in [0.1, 0.15) is 0 Å². The molecule has 6 heteroatoms. The van der Waals surface area contributed by atoms with Gasteiger partial charge in [0.05, 0.1) is 5.69 Å². The van der Waals surface area contributed by atoms with Gasteiger partial charge in [-0.25, -0.2) is 0 Å². The van der Waals surface area contributed by atoms with Crippen molar-refractivity contribution in [3.05, 3.63) is 29.6 Å². The molecule has 6 nitrogen and oxygen atoms in total. The van der Waals surface area contributed by atoms with Crippen molar-refractivity contribution in [3.8, 4) is 0 Å².